The lowest BCUT2D eigenvalue weighted by Crippen LogP contribution is -2.16. The Morgan fingerprint density at radius 2 is 1.84 bits per heavy atom. The summed E-state index contributed by atoms with van der Waals surface area (Å²) in [6.45, 7) is 0. The van der Waals surface area contributed by atoms with Crippen molar-refractivity contribution in [2.45, 2.75) is 6.18 Å². The summed E-state index contributed by atoms with van der Waals surface area (Å²) < 4.78 is 53.6. The quantitative estimate of drug-likeness (QED) is 0.475. The number of halogens is 6. The van der Waals surface area contributed by atoms with Crippen LogP contribution in [0.3, 0.4) is 0 Å². The Kier molecular flexibility index (Phi) is 4.66. The molecule has 2 nitrogen and oxygen atoms in total. The van der Waals surface area contributed by atoms with Crippen molar-refractivity contribution in [3.05, 3.63) is 62.7 Å². The number of amides is 1. The lowest BCUT2D eigenvalue weighted by Gasteiger charge is -2.13. The van der Waals surface area contributed by atoms with Crippen molar-refractivity contribution in [3.63, 3.8) is 0 Å². The number of alkyl halides is 3. The van der Waals surface area contributed by atoms with Crippen molar-refractivity contribution in [2.75, 3.05) is 5.32 Å². The molecule has 0 fully saturated rings. The van der Waals surface area contributed by atoms with E-state index >= 15 is 0 Å². The number of thiophene rings is 1. The van der Waals surface area contributed by atoms with E-state index in [0.717, 1.165) is 17.4 Å². The fourth-order valence-corrected chi connectivity index (χ4v) is 3.88. The molecule has 1 aromatic heterocycles. The average molecular weight is 408 g/mol. The van der Waals surface area contributed by atoms with Crippen molar-refractivity contribution in [3.8, 4) is 0 Å². The number of carbonyl (C=O) groups excluding carboxylic acids is 1. The van der Waals surface area contributed by atoms with Crippen molar-refractivity contribution < 1.29 is 22.4 Å². The van der Waals surface area contributed by atoms with Crippen molar-refractivity contribution in [1.82, 2.24) is 0 Å². The molecule has 9 heteroatoms. The van der Waals surface area contributed by atoms with Gasteiger partial charge in [-0.2, -0.15) is 13.2 Å². The Morgan fingerprint density at radius 3 is 2.48 bits per heavy atom. The van der Waals surface area contributed by atoms with Crippen molar-refractivity contribution in [1.29, 1.82) is 0 Å². The van der Waals surface area contributed by atoms with Gasteiger partial charge in [0.05, 0.1) is 16.3 Å². The molecule has 1 heterocycles. The first-order chi connectivity index (χ1) is 11.7. The molecule has 0 bridgehead atoms. The van der Waals surface area contributed by atoms with Gasteiger partial charge in [-0.15, -0.1) is 11.3 Å². The first-order valence-corrected chi connectivity index (χ1v) is 8.30. The van der Waals surface area contributed by atoms with Gasteiger partial charge in [-0.05, 0) is 30.3 Å². The van der Waals surface area contributed by atoms with E-state index in [0.29, 0.717) is 10.8 Å². The zero-order chi connectivity index (χ0) is 18.4. The molecule has 1 N–H and O–H groups in total. The lowest BCUT2D eigenvalue weighted by atomic mass is 10.1. The fraction of sp³-hybridized carbons (Fsp3) is 0.0625. The molecule has 0 unspecified atom stereocenters. The molecule has 2 aromatic carbocycles. The van der Waals surface area contributed by atoms with Gasteiger partial charge < -0.3 is 5.32 Å². The zero-order valence-corrected chi connectivity index (χ0v) is 14.4. The highest BCUT2D eigenvalue weighted by Crippen LogP contribution is 2.39. The van der Waals surface area contributed by atoms with E-state index in [2.05, 4.69) is 5.32 Å². The van der Waals surface area contributed by atoms with E-state index in [9.17, 15) is 22.4 Å². The van der Waals surface area contributed by atoms with Gasteiger partial charge in [0.2, 0.25) is 0 Å². The Labute approximate surface area is 153 Å². The van der Waals surface area contributed by atoms with Crippen LogP contribution in [0.4, 0.5) is 23.2 Å². The van der Waals surface area contributed by atoms with E-state index in [1.807, 2.05) is 0 Å². The van der Waals surface area contributed by atoms with Gasteiger partial charge in [0, 0.05) is 15.1 Å². The molecule has 130 valence electrons. The third kappa shape index (κ3) is 3.44. The minimum absolute atomic E-state index is 0.0615. The molecule has 0 aliphatic carbocycles. The van der Waals surface area contributed by atoms with Crippen LogP contribution >= 0.6 is 34.5 Å². The average Bonchev–Trinajstić information content (AvgIpc) is 2.86. The normalized spacial score (nSPS) is 11.8. The number of carbonyl (C=O) groups is 1. The third-order valence-electron chi connectivity index (χ3n) is 3.35. The number of fused-ring (bicyclic) bond motifs is 1. The van der Waals surface area contributed by atoms with Crippen LogP contribution in [0.5, 0.6) is 0 Å². The number of benzene rings is 2. The standard InChI is InChI=1S/C16H7Cl2F4NOS/c17-7-4-5-10(8(6-7)16(20,21)22)23-15(24)14-13(18)12-9(19)2-1-3-11(12)25-14/h1-6H,(H,23,24). The molecule has 0 saturated carbocycles. The van der Waals surface area contributed by atoms with Gasteiger partial charge in [0.15, 0.2) is 0 Å². The minimum atomic E-state index is -4.70. The van der Waals surface area contributed by atoms with Gasteiger partial charge in [-0.3, -0.25) is 4.79 Å². The summed E-state index contributed by atoms with van der Waals surface area (Å²) in [4.78, 5) is 12.3. The van der Waals surface area contributed by atoms with Gasteiger partial charge in [-0.25, -0.2) is 4.39 Å². The topological polar surface area (TPSA) is 29.1 Å². The number of nitrogens with one attached hydrogen (secondary N) is 1. The molecule has 0 saturated heterocycles. The van der Waals surface area contributed by atoms with E-state index in [-0.39, 0.29) is 20.3 Å². The molecule has 3 aromatic rings. The van der Waals surface area contributed by atoms with Crippen LogP contribution in [0.15, 0.2) is 36.4 Å². The maximum atomic E-state index is 13.8. The Bertz CT molecular complexity index is 984. The maximum Gasteiger partial charge on any atom is 0.418 e. The highest BCUT2D eigenvalue weighted by molar-refractivity contribution is 7.21. The molecule has 0 spiro atoms. The second-order valence-electron chi connectivity index (χ2n) is 5.00. The molecular formula is C16H7Cl2F4NOS. The Balaban J connectivity index is 2.02. The summed E-state index contributed by atoms with van der Waals surface area (Å²) in [7, 11) is 0. The summed E-state index contributed by atoms with van der Waals surface area (Å²) in [5, 5.41) is 1.97. The summed E-state index contributed by atoms with van der Waals surface area (Å²) in [6, 6.07) is 7.18. The molecule has 1 amide bonds. The van der Waals surface area contributed by atoms with Crippen molar-refractivity contribution in [2.24, 2.45) is 0 Å². The number of hydrogen-bond acceptors (Lipinski definition) is 2. The predicted octanol–water partition coefficient (Wildman–Crippen LogP) is 6.62. The SMILES string of the molecule is O=C(Nc1ccc(Cl)cc1C(F)(F)F)c1sc2cccc(F)c2c1Cl. The molecule has 0 aliphatic heterocycles. The van der Waals surface area contributed by atoms with Gasteiger partial charge in [-0.1, -0.05) is 29.3 Å². The first kappa shape index (κ1) is 18.0. The van der Waals surface area contributed by atoms with Crippen LogP contribution in [-0.2, 0) is 6.18 Å². The largest absolute Gasteiger partial charge is 0.418 e. The minimum Gasteiger partial charge on any atom is -0.321 e. The maximum absolute atomic E-state index is 13.8. The smallest absolute Gasteiger partial charge is 0.321 e. The van der Waals surface area contributed by atoms with Gasteiger partial charge in [0.25, 0.3) is 5.91 Å². The molecule has 0 aliphatic rings. The molecule has 3 rings (SSSR count). The molecule has 0 atom stereocenters. The number of anilines is 1. The number of hydrogen-bond donors (Lipinski definition) is 1. The monoisotopic (exact) mass is 407 g/mol. The van der Waals surface area contributed by atoms with E-state index in [1.165, 1.54) is 18.2 Å². The number of rotatable bonds is 2. The second-order valence-corrected chi connectivity index (χ2v) is 6.87. The summed E-state index contributed by atoms with van der Waals surface area (Å²) in [6.07, 6.45) is -4.70. The molecule has 0 radical (unpaired) electrons. The zero-order valence-electron chi connectivity index (χ0n) is 12.0. The van der Waals surface area contributed by atoms with Crippen LogP contribution in [0, 0.1) is 5.82 Å². The molecular weight excluding hydrogens is 401 g/mol. The highest BCUT2D eigenvalue weighted by Gasteiger charge is 2.34. The second kappa shape index (κ2) is 6.48. The highest BCUT2D eigenvalue weighted by atomic mass is 35.5. The Hall–Kier alpha value is -1.83. The van der Waals surface area contributed by atoms with E-state index in [4.69, 9.17) is 23.2 Å². The van der Waals surface area contributed by atoms with Crippen LogP contribution in [-0.4, -0.2) is 5.91 Å². The van der Waals surface area contributed by atoms with E-state index < -0.39 is 29.2 Å². The lowest BCUT2D eigenvalue weighted by molar-refractivity contribution is -0.136. The fourth-order valence-electron chi connectivity index (χ4n) is 2.26. The van der Waals surface area contributed by atoms with Crippen LogP contribution in [0.1, 0.15) is 15.2 Å². The van der Waals surface area contributed by atoms with Crippen LogP contribution < -0.4 is 5.32 Å². The van der Waals surface area contributed by atoms with Crippen molar-refractivity contribution >= 4 is 56.2 Å². The summed E-state index contributed by atoms with van der Waals surface area (Å²) in [5.41, 5.74) is -1.55. The van der Waals surface area contributed by atoms with Gasteiger partial charge in [0.1, 0.15) is 10.7 Å². The Morgan fingerprint density at radius 1 is 1.12 bits per heavy atom. The van der Waals surface area contributed by atoms with Gasteiger partial charge >= 0.3 is 6.18 Å². The first-order valence-electron chi connectivity index (χ1n) is 6.73. The molecule has 25 heavy (non-hydrogen) atoms. The summed E-state index contributed by atoms with van der Waals surface area (Å²) in [5.74, 6) is -1.47. The predicted molar refractivity (Wildman–Crippen MR) is 91.2 cm³/mol. The van der Waals surface area contributed by atoms with E-state index in [1.54, 1.807) is 6.07 Å². The third-order valence-corrected chi connectivity index (χ3v) is 5.23. The van der Waals surface area contributed by atoms with Crippen LogP contribution in [0.25, 0.3) is 10.1 Å². The van der Waals surface area contributed by atoms with Crippen LogP contribution in [0.2, 0.25) is 10.0 Å². The summed E-state index contributed by atoms with van der Waals surface area (Å²) >= 11 is 12.5.